The summed E-state index contributed by atoms with van der Waals surface area (Å²) in [6, 6.07) is 0.150. The summed E-state index contributed by atoms with van der Waals surface area (Å²) in [5, 5.41) is 9.69. The van der Waals surface area contributed by atoms with Crippen molar-refractivity contribution < 1.29 is 9.90 Å². The molecule has 0 aromatic carbocycles. The number of carbonyl (C=O) groups excluding carboxylic acids is 1. The van der Waals surface area contributed by atoms with Crippen LogP contribution in [0.5, 0.6) is 0 Å². The summed E-state index contributed by atoms with van der Waals surface area (Å²) in [4.78, 5) is 16.1. The first-order valence-electron chi connectivity index (χ1n) is 5.85. The molecule has 2 unspecified atom stereocenters. The number of aliphatic hydroxyl groups excluding tert-OH is 1. The second-order valence-corrected chi connectivity index (χ2v) is 6.01. The Labute approximate surface area is 98.2 Å². The Kier molecular flexibility index (Phi) is 3.97. The molecule has 4 nitrogen and oxygen atoms in total. The minimum absolute atomic E-state index is 0.135. The number of likely N-dealkylation sites (tertiary alicyclic amines) is 1. The van der Waals surface area contributed by atoms with Crippen LogP contribution < -0.4 is 0 Å². The Morgan fingerprint density at radius 2 is 2.00 bits per heavy atom. The van der Waals surface area contributed by atoms with Gasteiger partial charge in [-0.2, -0.15) is 0 Å². The van der Waals surface area contributed by atoms with Gasteiger partial charge in [-0.1, -0.05) is 20.8 Å². The number of amides is 1. The highest BCUT2D eigenvalue weighted by molar-refractivity contribution is 5.82. The highest BCUT2D eigenvalue weighted by Gasteiger charge is 2.38. The second kappa shape index (κ2) is 4.72. The average molecular weight is 228 g/mol. The molecule has 0 bridgehead atoms. The molecule has 1 fully saturated rings. The predicted octanol–water partition coefficient (Wildman–Crippen LogP) is 0.556. The van der Waals surface area contributed by atoms with E-state index in [2.05, 4.69) is 4.90 Å². The molecule has 1 aliphatic heterocycles. The smallest absolute Gasteiger partial charge is 0.228 e. The van der Waals surface area contributed by atoms with Crippen LogP contribution in [0.3, 0.4) is 0 Å². The summed E-state index contributed by atoms with van der Waals surface area (Å²) >= 11 is 0. The number of aliphatic hydroxyl groups is 1. The zero-order valence-electron chi connectivity index (χ0n) is 11.0. The van der Waals surface area contributed by atoms with Crippen molar-refractivity contribution in [3.8, 4) is 0 Å². The van der Waals surface area contributed by atoms with E-state index in [0.717, 1.165) is 6.54 Å². The van der Waals surface area contributed by atoms with Gasteiger partial charge in [0.2, 0.25) is 5.91 Å². The number of carbonyl (C=O) groups is 1. The normalized spacial score (nSPS) is 26.6. The maximum Gasteiger partial charge on any atom is 0.228 e. The Balaban J connectivity index is 2.73. The van der Waals surface area contributed by atoms with E-state index in [1.165, 1.54) is 0 Å². The molecule has 1 heterocycles. The van der Waals surface area contributed by atoms with Crippen molar-refractivity contribution in [1.82, 2.24) is 9.80 Å². The van der Waals surface area contributed by atoms with Gasteiger partial charge in [0.1, 0.15) is 0 Å². The number of β-amino-alcohol motifs (C(OH)–C–C–N with tert-alkyl or cyclic N) is 1. The van der Waals surface area contributed by atoms with E-state index in [9.17, 15) is 9.90 Å². The molecule has 0 aliphatic carbocycles. The van der Waals surface area contributed by atoms with Gasteiger partial charge in [-0.3, -0.25) is 4.79 Å². The molecule has 1 amide bonds. The van der Waals surface area contributed by atoms with Crippen molar-refractivity contribution in [2.75, 3.05) is 27.2 Å². The molecule has 2 atom stereocenters. The molecule has 94 valence electrons. The molecule has 1 saturated heterocycles. The molecule has 1 aliphatic rings. The third-order valence-electron chi connectivity index (χ3n) is 2.87. The Hall–Kier alpha value is -0.610. The van der Waals surface area contributed by atoms with Crippen LogP contribution >= 0.6 is 0 Å². The minimum atomic E-state index is -0.366. The number of nitrogens with zero attached hydrogens (tertiary/aromatic N) is 2. The van der Waals surface area contributed by atoms with Gasteiger partial charge in [0.15, 0.2) is 0 Å². The lowest BCUT2D eigenvalue weighted by atomic mass is 9.94. The van der Waals surface area contributed by atoms with Gasteiger partial charge >= 0.3 is 0 Å². The molecule has 0 saturated carbocycles. The van der Waals surface area contributed by atoms with Gasteiger partial charge in [0.05, 0.1) is 6.10 Å². The van der Waals surface area contributed by atoms with Crippen LogP contribution in [-0.2, 0) is 4.79 Å². The molecular weight excluding hydrogens is 204 g/mol. The fourth-order valence-corrected chi connectivity index (χ4v) is 2.17. The van der Waals surface area contributed by atoms with Crippen LogP contribution in [0.4, 0.5) is 0 Å². The van der Waals surface area contributed by atoms with Crippen LogP contribution in [0.2, 0.25) is 0 Å². The number of likely N-dealkylation sites (N-methyl/N-ethyl adjacent to an activating group) is 1. The molecule has 4 heteroatoms. The molecule has 0 spiro atoms. The Bertz CT molecular complexity index is 258. The van der Waals surface area contributed by atoms with E-state index >= 15 is 0 Å². The van der Waals surface area contributed by atoms with Crippen LogP contribution in [0.15, 0.2) is 0 Å². The van der Waals surface area contributed by atoms with Crippen molar-refractivity contribution >= 4 is 5.91 Å². The highest BCUT2D eigenvalue weighted by atomic mass is 16.3. The summed E-state index contributed by atoms with van der Waals surface area (Å²) in [6.07, 6.45) is 0.330. The van der Waals surface area contributed by atoms with E-state index < -0.39 is 0 Å². The molecule has 0 aromatic heterocycles. The first kappa shape index (κ1) is 13.5. The van der Waals surface area contributed by atoms with Crippen LogP contribution in [-0.4, -0.2) is 60.1 Å². The topological polar surface area (TPSA) is 43.8 Å². The minimum Gasteiger partial charge on any atom is -0.391 e. The molecule has 16 heavy (non-hydrogen) atoms. The lowest BCUT2D eigenvalue weighted by Gasteiger charge is -2.32. The lowest BCUT2D eigenvalue weighted by molar-refractivity contribution is -0.140. The van der Waals surface area contributed by atoms with Crippen molar-refractivity contribution in [2.24, 2.45) is 5.41 Å². The maximum atomic E-state index is 12.2. The fraction of sp³-hybridized carbons (Fsp3) is 0.917. The van der Waals surface area contributed by atoms with Gasteiger partial charge in [-0.15, -0.1) is 0 Å². The van der Waals surface area contributed by atoms with Crippen LogP contribution in [0.25, 0.3) is 0 Å². The summed E-state index contributed by atoms with van der Waals surface area (Å²) < 4.78 is 0. The van der Waals surface area contributed by atoms with Crippen LogP contribution in [0.1, 0.15) is 27.2 Å². The van der Waals surface area contributed by atoms with E-state index in [-0.39, 0.29) is 23.5 Å². The molecular formula is C12H24N2O2. The van der Waals surface area contributed by atoms with Gasteiger partial charge < -0.3 is 14.9 Å². The highest BCUT2D eigenvalue weighted by Crippen LogP contribution is 2.25. The Morgan fingerprint density at radius 3 is 2.44 bits per heavy atom. The largest absolute Gasteiger partial charge is 0.391 e. The van der Waals surface area contributed by atoms with E-state index in [1.807, 2.05) is 39.8 Å². The van der Waals surface area contributed by atoms with Crippen LogP contribution in [0, 0.1) is 5.41 Å². The van der Waals surface area contributed by atoms with E-state index in [4.69, 9.17) is 0 Å². The first-order chi connectivity index (χ1) is 7.21. The number of hydrogen-bond donors (Lipinski definition) is 1. The predicted molar refractivity (Wildman–Crippen MR) is 64.1 cm³/mol. The SMILES string of the molecule is CN(C)CC1CC(O)CN1C(=O)C(C)(C)C. The van der Waals surface area contributed by atoms with Crippen molar-refractivity contribution in [3.05, 3.63) is 0 Å². The Morgan fingerprint density at radius 1 is 1.44 bits per heavy atom. The van der Waals surface area contributed by atoms with Gasteiger partial charge in [-0.25, -0.2) is 0 Å². The lowest BCUT2D eigenvalue weighted by Crippen LogP contribution is -2.46. The van der Waals surface area contributed by atoms with E-state index in [1.54, 1.807) is 0 Å². The monoisotopic (exact) mass is 228 g/mol. The summed E-state index contributed by atoms with van der Waals surface area (Å²) in [5.74, 6) is 0.135. The number of hydrogen-bond acceptors (Lipinski definition) is 3. The molecule has 0 aromatic rings. The van der Waals surface area contributed by atoms with Gasteiger partial charge in [0.25, 0.3) is 0 Å². The molecule has 0 radical (unpaired) electrons. The zero-order valence-corrected chi connectivity index (χ0v) is 11.0. The van der Waals surface area contributed by atoms with Gasteiger partial charge in [0, 0.05) is 24.5 Å². The third-order valence-corrected chi connectivity index (χ3v) is 2.87. The quantitative estimate of drug-likeness (QED) is 0.751. The molecule has 1 rings (SSSR count). The summed E-state index contributed by atoms with van der Waals surface area (Å²) in [5.41, 5.74) is -0.366. The van der Waals surface area contributed by atoms with Crippen molar-refractivity contribution in [2.45, 2.75) is 39.3 Å². The summed E-state index contributed by atoms with van der Waals surface area (Å²) in [6.45, 7) is 7.07. The standard InChI is InChI=1S/C12H24N2O2/c1-12(2,3)11(16)14-8-10(15)6-9(14)7-13(4)5/h9-10,15H,6-8H2,1-5H3. The van der Waals surface area contributed by atoms with Gasteiger partial charge in [-0.05, 0) is 20.5 Å². The maximum absolute atomic E-state index is 12.2. The molecule has 1 N–H and O–H groups in total. The zero-order chi connectivity index (χ0) is 12.5. The average Bonchev–Trinajstić information content (AvgIpc) is 2.42. The van der Waals surface area contributed by atoms with E-state index in [0.29, 0.717) is 13.0 Å². The summed E-state index contributed by atoms with van der Waals surface area (Å²) in [7, 11) is 3.98. The first-order valence-corrected chi connectivity index (χ1v) is 5.85. The third kappa shape index (κ3) is 3.19. The fourth-order valence-electron chi connectivity index (χ4n) is 2.17. The van der Waals surface area contributed by atoms with Crippen molar-refractivity contribution in [3.63, 3.8) is 0 Å². The second-order valence-electron chi connectivity index (χ2n) is 6.01. The number of rotatable bonds is 2. The van der Waals surface area contributed by atoms with Crippen molar-refractivity contribution in [1.29, 1.82) is 0 Å².